The summed E-state index contributed by atoms with van der Waals surface area (Å²) < 4.78 is 23.8. The molecule has 0 aliphatic carbocycles. The number of rotatable bonds is 4. The van der Waals surface area contributed by atoms with E-state index < -0.39 is 12.6 Å². The van der Waals surface area contributed by atoms with Crippen LogP contribution in [0.2, 0.25) is 0 Å². The molecule has 6 nitrogen and oxygen atoms in total. The van der Waals surface area contributed by atoms with Crippen LogP contribution in [0.5, 0.6) is 11.5 Å². The van der Waals surface area contributed by atoms with E-state index in [4.69, 9.17) is 18.9 Å². The van der Waals surface area contributed by atoms with Crippen molar-refractivity contribution in [3.63, 3.8) is 0 Å². The van der Waals surface area contributed by atoms with Gasteiger partial charge < -0.3 is 29.2 Å². The summed E-state index contributed by atoms with van der Waals surface area (Å²) in [6.45, 7) is 13.9. The molecule has 44 heavy (non-hydrogen) atoms. The van der Waals surface area contributed by atoms with Gasteiger partial charge in [0.25, 0.3) is 0 Å². The number of hydrogen-bond donors (Lipinski definition) is 2. The Morgan fingerprint density at radius 2 is 0.932 bits per heavy atom. The van der Waals surface area contributed by atoms with Crippen LogP contribution in [-0.4, -0.2) is 10.2 Å². The fraction of sp³-hybridized carbons (Fsp3) is 0.368. The van der Waals surface area contributed by atoms with Crippen molar-refractivity contribution in [1.29, 1.82) is 0 Å². The summed E-state index contributed by atoms with van der Waals surface area (Å²) in [4.78, 5) is 0. The maximum atomic E-state index is 9.72. The van der Waals surface area contributed by atoms with E-state index in [2.05, 4.69) is 53.7 Å². The molecular formula is C38H44O6. The Balaban J connectivity index is 0.000000175. The van der Waals surface area contributed by atoms with Crippen LogP contribution in [0, 0.1) is 0 Å². The van der Waals surface area contributed by atoms with Crippen molar-refractivity contribution in [2.24, 2.45) is 0 Å². The van der Waals surface area contributed by atoms with Gasteiger partial charge in [0.2, 0.25) is 12.6 Å². The lowest BCUT2D eigenvalue weighted by Gasteiger charge is -2.30. The van der Waals surface area contributed by atoms with Gasteiger partial charge in [-0.2, -0.15) is 0 Å². The van der Waals surface area contributed by atoms with Crippen LogP contribution in [0.4, 0.5) is 0 Å². The Labute approximate surface area is 261 Å². The molecular weight excluding hydrogens is 552 g/mol. The third-order valence-electron chi connectivity index (χ3n) is 7.93. The normalized spacial score (nSPS) is 17.7. The monoisotopic (exact) mass is 596 g/mol. The number of hydrogen-bond acceptors (Lipinski definition) is 6. The van der Waals surface area contributed by atoms with Gasteiger partial charge in [0, 0.05) is 33.4 Å². The second-order valence-corrected chi connectivity index (χ2v) is 13.4. The summed E-state index contributed by atoms with van der Waals surface area (Å²) in [5.74, 6) is 1.52. The number of aliphatic hydroxyl groups excluding tert-OH is 2. The van der Waals surface area contributed by atoms with Crippen molar-refractivity contribution in [2.75, 3.05) is 0 Å². The minimum absolute atomic E-state index is 0.0230. The van der Waals surface area contributed by atoms with Gasteiger partial charge >= 0.3 is 0 Å². The second kappa shape index (κ2) is 13.1. The van der Waals surface area contributed by atoms with E-state index in [0.29, 0.717) is 13.2 Å². The summed E-state index contributed by atoms with van der Waals surface area (Å²) in [5.41, 5.74) is 8.03. The molecule has 2 N–H and O–H groups in total. The van der Waals surface area contributed by atoms with Crippen molar-refractivity contribution in [3.8, 4) is 11.5 Å². The summed E-state index contributed by atoms with van der Waals surface area (Å²) in [6.07, 6.45) is -0.834. The van der Waals surface area contributed by atoms with E-state index in [-0.39, 0.29) is 24.0 Å². The first-order chi connectivity index (χ1) is 21.0. The second-order valence-electron chi connectivity index (χ2n) is 13.4. The fourth-order valence-corrected chi connectivity index (χ4v) is 5.29. The Morgan fingerprint density at radius 3 is 1.25 bits per heavy atom. The van der Waals surface area contributed by atoms with E-state index >= 15 is 0 Å². The van der Waals surface area contributed by atoms with Crippen molar-refractivity contribution in [1.82, 2.24) is 0 Å². The molecule has 0 unspecified atom stereocenters. The molecule has 232 valence electrons. The fourth-order valence-electron chi connectivity index (χ4n) is 5.29. The first kappa shape index (κ1) is 31.7. The molecule has 0 radical (unpaired) electrons. The number of benzene rings is 4. The first-order valence-electron chi connectivity index (χ1n) is 15.2. The van der Waals surface area contributed by atoms with Crippen molar-refractivity contribution in [2.45, 2.75) is 91.4 Å². The number of fused-ring (bicyclic) bond motifs is 2. The molecule has 2 atom stereocenters. The highest BCUT2D eigenvalue weighted by Gasteiger charge is 2.28. The van der Waals surface area contributed by atoms with Crippen LogP contribution in [0.25, 0.3) is 0 Å². The maximum absolute atomic E-state index is 9.72. The molecule has 2 heterocycles. The van der Waals surface area contributed by atoms with Gasteiger partial charge in [0.05, 0.1) is 26.4 Å². The SMILES string of the molecule is CC(C)(C)c1cc(CO)c2c(c1)CO[C@@H](c1ccccc1)O2.CC(C)(C)c1cc(CO)c2c(c1)CO[C@H](c1ccccc1)O2. The van der Waals surface area contributed by atoms with Crippen molar-refractivity contribution >= 4 is 0 Å². The van der Waals surface area contributed by atoms with Crippen molar-refractivity contribution in [3.05, 3.63) is 129 Å². The summed E-state index contributed by atoms with van der Waals surface area (Å²) in [7, 11) is 0. The minimum atomic E-state index is -0.417. The smallest absolute Gasteiger partial charge is 0.227 e. The predicted octanol–water partition coefficient (Wildman–Crippen LogP) is 8.17. The average Bonchev–Trinajstić information content (AvgIpc) is 3.03. The largest absolute Gasteiger partial charge is 0.460 e. The van der Waals surface area contributed by atoms with Gasteiger partial charge in [-0.05, 0) is 46.2 Å². The lowest BCUT2D eigenvalue weighted by Crippen LogP contribution is -2.21. The van der Waals surface area contributed by atoms with Crippen LogP contribution >= 0.6 is 0 Å². The van der Waals surface area contributed by atoms with Gasteiger partial charge in [-0.15, -0.1) is 0 Å². The maximum Gasteiger partial charge on any atom is 0.227 e. The first-order valence-corrected chi connectivity index (χ1v) is 15.2. The molecule has 4 aromatic carbocycles. The Morgan fingerprint density at radius 1 is 0.568 bits per heavy atom. The van der Waals surface area contributed by atoms with E-state index in [1.54, 1.807) is 0 Å². The third-order valence-corrected chi connectivity index (χ3v) is 7.93. The summed E-state index contributed by atoms with van der Waals surface area (Å²) in [5, 5.41) is 19.4. The van der Waals surface area contributed by atoms with Gasteiger partial charge in [-0.3, -0.25) is 0 Å². The highest BCUT2D eigenvalue weighted by atomic mass is 16.7. The molecule has 0 saturated heterocycles. The molecule has 0 saturated carbocycles. The minimum Gasteiger partial charge on any atom is -0.460 e. The van der Waals surface area contributed by atoms with E-state index in [1.807, 2.05) is 72.8 Å². The molecule has 0 fully saturated rings. The van der Waals surface area contributed by atoms with Crippen LogP contribution in [-0.2, 0) is 46.7 Å². The molecule has 0 aromatic heterocycles. The lowest BCUT2D eigenvalue weighted by molar-refractivity contribution is -0.112. The Bertz CT molecular complexity index is 1400. The predicted molar refractivity (Wildman–Crippen MR) is 171 cm³/mol. The molecule has 2 aliphatic rings. The molecule has 4 aromatic rings. The average molecular weight is 597 g/mol. The van der Waals surface area contributed by atoms with Gasteiger partial charge in [0.15, 0.2) is 0 Å². The Kier molecular flexibility index (Phi) is 9.47. The van der Waals surface area contributed by atoms with Crippen LogP contribution in [0.1, 0.15) is 98.6 Å². The van der Waals surface area contributed by atoms with Crippen LogP contribution in [0.3, 0.4) is 0 Å². The zero-order chi connectivity index (χ0) is 31.5. The van der Waals surface area contributed by atoms with Crippen molar-refractivity contribution < 1.29 is 29.2 Å². The van der Waals surface area contributed by atoms with E-state index in [0.717, 1.165) is 44.9 Å². The third kappa shape index (κ3) is 7.16. The zero-order valence-electron chi connectivity index (χ0n) is 26.6. The molecule has 0 spiro atoms. The highest BCUT2D eigenvalue weighted by molar-refractivity contribution is 5.48. The molecule has 6 rings (SSSR count). The number of ether oxygens (including phenoxy) is 4. The highest BCUT2D eigenvalue weighted by Crippen LogP contribution is 2.40. The quantitative estimate of drug-likeness (QED) is 0.248. The topological polar surface area (TPSA) is 77.4 Å². The van der Waals surface area contributed by atoms with Crippen LogP contribution in [0.15, 0.2) is 84.9 Å². The zero-order valence-corrected chi connectivity index (χ0v) is 26.6. The number of aliphatic hydroxyl groups is 2. The Hall–Kier alpha value is -3.68. The molecule has 0 amide bonds. The van der Waals surface area contributed by atoms with E-state index in [9.17, 15) is 10.2 Å². The summed E-state index contributed by atoms with van der Waals surface area (Å²) >= 11 is 0. The molecule has 6 heteroatoms. The summed E-state index contributed by atoms with van der Waals surface area (Å²) in [6, 6.07) is 28.0. The standard InChI is InChI=1S/2C19H22O3/c2*1-19(2,3)16-9-14(11-20)17-15(10-16)12-21-18(22-17)13-7-5-4-6-8-13/h2*4-10,18,20H,11-12H2,1-3H3/t2*18-/m10/s1. The van der Waals surface area contributed by atoms with Gasteiger partial charge in [-0.25, -0.2) is 0 Å². The van der Waals surface area contributed by atoms with Gasteiger partial charge in [-0.1, -0.05) is 102 Å². The van der Waals surface area contributed by atoms with E-state index in [1.165, 1.54) is 11.1 Å². The van der Waals surface area contributed by atoms with Gasteiger partial charge in [0.1, 0.15) is 11.5 Å². The van der Waals surface area contributed by atoms with Crippen LogP contribution < -0.4 is 9.47 Å². The molecule has 0 bridgehead atoms. The lowest BCUT2D eigenvalue weighted by atomic mass is 9.84. The molecule has 2 aliphatic heterocycles.